The van der Waals surface area contributed by atoms with E-state index >= 15 is 0 Å². The Kier molecular flexibility index (Phi) is 6.52. The predicted octanol–water partition coefficient (Wildman–Crippen LogP) is 13.0. The molecular formula is C49H31N3O. The Balaban J connectivity index is 1.27. The monoisotopic (exact) mass is 677 g/mol. The van der Waals surface area contributed by atoms with Crippen molar-refractivity contribution in [2.75, 3.05) is 0 Å². The number of benzene rings is 8. The van der Waals surface area contributed by atoms with Crippen LogP contribution in [0.1, 0.15) is 0 Å². The molecule has 4 heteroatoms. The summed E-state index contributed by atoms with van der Waals surface area (Å²) in [6.45, 7) is 0. The van der Waals surface area contributed by atoms with Gasteiger partial charge in [0.05, 0.1) is 22.1 Å². The highest BCUT2D eigenvalue weighted by atomic mass is 16.3. The summed E-state index contributed by atoms with van der Waals surface area (Å²) in [4.78, 5) is 5.20. The van der Waals surface area contributed by atoms with Gasteiger partial charge in [0.25, 0.3) is 0 Å². The van der Waals surface area contributed by atoms with Crippen molar-refractivity contribution in [3.8, 4) is 45.1 Å². The van der Waals surface area contributed by atoms with E-state index in [4.69, 9.17) is 9.40 Å². The molecule has 8 aromatic carbocycles. The van der Waals surface area contributed by atoms with Gasteiger partial charge in [-0.25, -0.2) is 4.98 Å². The first-order chi connectivity index (χ1) is 26.3. The van der Waals surface area contributed by atoms with E-state index in [-0.39, 0.29) is 0 Å². The van der Waals surface area contributed by atoms with Gasteiger partial charge in [-0.05, 0) is 83.4 Å². The first-order valence-corrected chi connectivity index (χ1v) is 18.0. The largest absolute Gasteiger partial charge is 0.436 e. The lowest BCUT2D eigenvalue weighted by Gasteiger charge is -2.16. The zero-order valence-electron chi connectivity index (χ0n) is 28.6. The number of hydrogen-bond acceptors (Lipinski definition) is 2. The van der Waals surface area contributed by atoms with Gasteiger partial charge in [-0.3, -0.25) is 0 Å². The summed E-state index contributed by atoms with van der Waals surface area (Å²) in [5, 5.41) is 4.91. The highest BCUT2D eigenvalue weighted by molar-refractivity contribution is 6.11. The SMILES string of the molecule is c1ccc(-c2cc(-c3cc(-n4c5ccccc5c5ccccc54)cc(-n4c5ccccc5c5ccccc54)c3)c3nc(-c4ccccc4)oc3c2)cc1. The van der Waals surface area contributed by atoms with Gasteiger partial charge in [0.1, 0.15) is 5.52 Å². The summed E-state index contributed by atoms with van der Waals surface area (Å²) in [5.74, 6) is 0.605. The molecule has 0 unspecified atom stereocenters. The van der Waals surface area contributed by atoms with Crippen LogP contribution in [0.3, 0.4) is 0 Å². The fourth-order valence-corrected chi connectivity index (χ4v) is 8.16. The molecule has 0 amide bonds. The van der Waals surface area contributed by atoms with E-state index in [0.29, 0.717) is 5.89 Å². The predicted molar refractivity (Wildman–Crippen MR) is 219 cm³/mol. The number of rotatable bonds is 5. The molecule has 0 bridgehead atoms. The van der Waals surface area contributed by atoms with Gasteiger partial charge in [0.2, 0.25) is 5.89 Å². The van der Waals surface area contributed by atoms with Crippen LogP contribution >= 0.6 is 0 Å². The Morgan fingerprint density at radius 3 is 1.28 bits per heavy atom. The quantitative estimate of drug-likeness (QED) is 0.182. The summed E-state index contributed by atoms with van der Waals surface area (Å²) >= 11 is 0. The minimum absolute atomic E-state index is 0.605. The van der Waals surface area contributed by atoms with E-state index in [1.54, 1.807) is 0 Å². The molecule has 0 spiro atoms. The molecule has 3 heterocycles. The van der Waals surface area contributed by atoms with Crippen LogP contribution in [0.2, 0.25) is 0 Å². The lowest BCUT2D eigenvalue weighted by atomic mass is 9.96. The van der Waals surface area contributed by atoms with Crippen molar-refractivity contribution in [1.82, 2.24) is 14.1 Å². The van der Waals surface area contributed by atoms with Gasteiger partial charge in [0, 0.05) is 44.0 Å². The van der Waals surface area contributed by atoms with E-state index in [2.05, 4.69) is 167 Å². The maximum Gasteiger partial charge on any atom is 0.227 e. The lowest BCUT2D eigenvalue weighted by Crippen LogP contribution is -2.00. The van der Waals surface area contributed by atoms with Gasteiger partial charge in [-0.15, -0.1) is 0 Å². The number of hydrogen-bond donors (Lipinski definition) is 0. The molecule has 0 radical (unpaired) electrons. The fourth-order valence-electron chi connectivity index (χ4n) is 8.16. The normalized spacial score (nSPS) is 11.8. The summed E-state index contributed by atoms with van der Waals surface area (Å²) < 4.78 is 11.4. The van der Waals surface area contributed by atoms with Crippen molar-refractivity contribution < 1.29 is 4.42 Å². The van der Waals surface area contributed by atoms with Crippen LogP contribution in [0, 0.1) is 0 Å². The summed E-state index contributed by atoms with van der Waals surface area (Å²) in [6, 6.07) is 66.8. The number of para-hydroxylation sites is 4. The van der Waals surface area contributed by atoms with Crippen molar-refractivity contribution in [2.45, 2.75) is 0 Å². The van der Waals surface area contributed by atoms with Gasteiger partial charge in [-0.1, -0.05) is 121 Å². The van der Waals surface area contributed by atoms with Crippen molar-refractivity contribution >= 4 is 54.7 Å². The summed E-state index contributed by atoms with van der Waals surface area (Å²) in [5.41, 5.74) is 13.6. The van der Waals surface area contributed by atoms with Crippen LogP contribution in [0.4, 0.5) is 0 Å². The second-order valence-electron chi connectivity index (χ2n) is 13.6. The minimum Gasteiger partial charge on any atom is -0.436 e. The number of aromatic nitrogens is 3. The number of nitrogens with zero attached hydrogens (tertiary/aromatic N) is 3. The Bertz CT molecular complexity index is 2930. The third kappa shape index (κ3) is 4.66. The van der Waals surface area contributed by atoms with Gasteiger partial charge < -0.3 is 13.6 Å². The first kappa shape index (κ1) is 29.5. The van der Waals surface area contributed by atoms with Gasteiger partial charge in [0.15, 0.2) is 5.58 Å². The number of fused-ring (bicyclic) bond motifs is 7. The average molecular weight is 678 g/mol. The van der Waals surface area contributed by atoms with E-state index in [1.807, 2.05) is 30.3 Å². The smallest absolute Gasteiger partial charge is 0.227 e. The minimum atomic E-state index is 0.605. The van der Waals surface area contributed by atoms with E-state index in [0.717, 1.165) is 72.4 Å². The van der Waals surface area contributed by atoms with Crippen LogP contribution in [0.15, 0.2) is 192 Å². The average Bonchev–Trinajstić information content (AvgIpc) is 3.92. The molecule has 0 saturated heterocycles. The lowest BCUT2D eigenvalue weighted by molar-refractivity contribution is 0.620. The van der Waals surface area contributed by atoms with Crippen LogP contribution in [-0.2, 0) is 0 Å². The maximum atomic E-state index is 6.59. The highest BCUT2D eigenvalue weighted by Gasteiger charge is 2.20. The molecule has 0 aliphatic carbocycles. The zero-order valence-corrected chi connectivity index (χ0v) is 28.6. The molecule has 0 aliphatic rings. The van der Waals surface area contributed by atoms with Gasteiger partial charge in [-0.2, -0.15) is 0 Å². The standard InChI is InChI=1S/C49H31N3O/c1-3-15-32(16-4-1)34-29-42(48-47(30-34)53-49(50-48)33-17-5-2-6-18-33)35-27-36(51-43-23-11-7-19-38(43)39-20-8-12-24-44(39)51)31-37(28-35)52-45-25-13-9-21-40(45)41-22-10-14-26-46(41)52/h1-31H. The van der Waals surface area contributed by atoms with E-state index in [1.165, 1.54) is 21.5 Å². The molecule has 0 N–H and O–H groups in total. The van der Waals surface area contributed by atoms with Crippen LogP contribution in [-0.4, -0.2) is 14.1 Å². The van der Waals surface area contributed by atoms with Gasteiger partial charge >= 0.3 is 0 Å². The molecule has 11 aromatic rings. The van der Waals surface area contributed by atoms with E-state index in [9.17, 15) is 0 Å². The third-order valence-electron chi connectivity index (χ3n) is 10.5. The number of oxazole rings is 1. The van der Waals surface area contributed by atoms with Crippen molar-refractivity contribution in [2.24, 2.45) is 0 Å². The molecular weight excluding hydrogens is 647 g/mol. The Morgan fingerprint density at radius 2 is 0.792 bits per heavy atom. The topological polar surface area (TPSA) is 35.9 Å². The second-order valence-corrected chi connectivity index (χ2v) is 13.6. The molecule has 4 nitrogen and oxygen atoms in total. The van der Waals surface area contributed by atoms with Crippen LogP contribution in [0.5, 0.6) is 0 Å². The third-order valence-corrected chi connectivity index (χ3v) is 10.5. The second kappa shape index (κ2) is 11.7. The molecule has 11 rings (SSSR count). The summed E-state index contributed by atoms with van der Waals surface area (Å²) in [7, 11) is 0. The van der Waals surface area contributed by atoms with E-state index < -0.39 is 0 Å². The van der Waals surface area contributed by atoms with Crippen LogP contribution < -0.4 is 0 Å². The fraction of sp³-hybridized carbons (Fsp3) is 0. The van der Waals surface area contributed by atoms with Crippen molar-refractivity contribution in [3.05, 3.63) is 188 Å². The summed E-state index contributed by atoms with van der Waals surface area (Å²) in [6.07, 6.45) is 0. The molecule has 0 aliphatic heterocycles. The van der Waals surface area contributed by atoms with Crippen molar-refractivity contribution in [3.63, 3.8) is 0 Å². The maximum absolute atomic E-state index is 6.59. The molecule has 0 atom stereocenters. The van der Waals surface area contributed by atoms with Crippen molar-refractivity contribution in [1.29, 1.82) is 0 Å². The highest BCUT2D eigenvalue weighted by Crippen LogP contribution is 2.41. The Morgan fingerprint density at radius 1 is 0.358 bits per heavy atom. The first-order valence-electron chi connectivity index (χ1n) is 18.0. The molecule has 3 aromatic heterocycles. The Labute approximate surface area is 305 Å². The Hall–Kier alpha value is -7.17. The zero-order chi connectivity index (χ0) is 34.9. The molecule has 53 heavy (non-hydrogen) atoms. The molecule has 0 saturated carbocycles. The molecule has 248 valence electrons. The van der Waals surface area contributed by atoms with Crippen LogP contribution in [0.25, 0.3) is 99.8 Å². The molecule has 0 fully saturated rings.